The van der Waals surface area contributed by atoms with E-state index in [-0.39, 0.29) is 11.4 Å². The topological polar surface area (TPSA) is 152 Å². The van der Waals surface area contributed by atoms with Gasteiger partial charge >= 0.3 is 0 Å². The average Bonchev–Trinajstić information content (AvgIpc) is 2.57. The molecule has 22 heavy (non-hydrogen) atoms. The Balaban J connectivity index is 2.81. The van der Waals surface area contributed by atoms with Crippen molar-refractivity contribution in [2.75, 3.05) is 26.4 Å². The molecule has 0 radical (unpaired) electrons. The molecule has 1 aromatic rings. The quantitative estimate of drug-likeness (QED) is 0.304. The van der Waals surface area contributed by atoms with Gasteiger partial charge in [0.2, 0.25) is 0 Å². The first-order valence-electron chi connectivity index (χ1n) is 6.57. The van der Waals surface area contributed by atoms with Crippen LogP contribution in [0.3, 0.4) is 0 Å². The highest BCUT2D eigenvalue weighted by molar-refractivity contribution is 5.96. The molecule has 9 heteroatoms. The third-order valence-corrected chi connectivity index (χ3v) is 2.77. The average molecular weight is 313 g/mol. The second-order valence-corrected chi connectivity index (χ2v) is 4.48. The molecule has 0 bridgehead atoms. The molecule has 0 atom stereocenters. The summed E-state index contributed by atoms with van der Waals surface area (Å²) in [7, 11) is 0. The number of carbonyl (C=O) groups is 2. The molecule has 1 heterocycles. The summed E-state index contributed by atoms with van der Waals surface area (Å²) >= 11 is 0. The lowest BCUT2D eigenvalue weighted by atomic mass is 10.2. The second-order valence-electron chi connectivity index (χ2n) is 4.48. The second kappa shape index (κ2) is 9.05. The fourth-order valence-electron chi connectivity index (χ4n) is 1.50. The van der Waals surface area contributed by atoms with Gasteiger partial charge in [0.15, 0.2) is 0 Å². The van der Waals surface area contributed by atoms with E-state index in [1.807, 2.05) is 0 Å². The Labute approximate surface area is 126 Å². The largest absolute Gasteiger partial charge is 0.394 e. The van der Waals surface area contributed by atoms with E-state index in [2.05, 4.69) is 15.6 Å². The zero-order valence-electron chi connectivity index (χ0n) is 11.8. The lowest BCUT2D eigenvalue weighted by Crippen LogP contribution is -2.41. The van der Waals surface area contributed by atoms with E-state index in [1.165, 1.54) is 18.2 Å². The Kier molecular flexibility index (Phi) is 7.40. The van der Waals surface area contributed by atoms with Crippen molar-refractivity contribution in [1.82, 2.24) is 15.6 Å². The SMILES string of the molecule is O=C(NC(CO)CO)c1cccc(C(=O)NC(CO)CO)n1. The van der Waals surface area contributed by atoms with Crippen molar-refractivity contribution in [3.8, 4) is 0 Å². The minimum atomic E-state index is -0.819. The number of rotatable bonds is 8. The number of nitrogens with one attached hydrogen (secondary N) is 2. The van der Waals surface area contributed by atoms with Crippen molar-refractivity contribution >= 4 is 11.8 Å². The molecule has 6 N–H and O–H groups in total. The predicted molar refractivity (Wildman–Crippen MR) is 75.1 cm³/mol. The number of hydrogen-bond acceptors (Lipinski definition) is 7. The van der Waals surface area contributed by atoms with Crippen LogP contribution in [-0.4, -0.2) is 75.7 Å². The summed E-state index contributed by atoms with van der Waals surface area (Å²) < 4.78 is 0. The number of nitrogens with zero attached hydrogens (tertiary/aromatic N) is 1. The normalized spacial score (nSPS) is 10.8. The van der Waals surface area contributed by atoms with Crippen molar-refractivity contribution < 1.29 is 30.0 Å². The van der Waals surface area contributed by atoms with Gasteiger partial charge in [0.05, 0.1) is 38.5 Å². The zero-order valence-corrected chi connectivity index (χ0v) is 11.8. The summed E-state index contributed by atoms with van der Waals surface area (Å²) in [6, 6.07) is 2.54. The number of carbonyl (C=O) groups excluding carboxylic acids is 2. The van der Waals surface area contributed by atoms with Gasteiger partial charge in [-0.1, -0.05) is 6.07 Å². The maximum Gasteiger partial charge on any atom is 0.270 e. The Bertz CT molecular complexity index is 461. The van der Waals surface area contributed by atoms with Crippen LogP contribution in [0.25, 0.3) is 0 Å². The first kappa shape index (κ1) is 18.0. The summed E-state index contributed by atoms with van der Waals surface area (Å²) in [5.74, 6) is -1.30. The molecule has 0 aliphatic carbocycles. The molecule has 0 aromatic carbocycles. The van der Waals surface area contributed by atoms with Gasteiger partial charge < -0.3 is 31.1 Å². The molecule has 0 saturated carbocycles. The van der Waals surface area contributed by atoms with Gasteiger partial charge in [0.25, 0.3) is 11.8 Å². The van der Waals surface area contributed by atoms with Crippen molar-refractivity contribution in [3.05, 3.63) is 29.6 Å². The Morgan fingerprint density at radius 2 is 1.23 bits per heavy atom. The summed E-state index contributed by atoms with van der Waals surface area (Å²) in [6.45, 7) is -1.73. The third-order valence-electron chi connectivity index (χ3n) is 2.77. The van der Waals surface area contributed by atoms with Gasteiger partial charge in [-0.05, 0) is 12.1 Å². The van der Waals surface area contributed by atoms with Gasteiger partial charge in [0, 0.05) is 0 Å². The third kappa shape index (κ3) is 5.04. The number of aliphatic hydroxyl groups is 4. The summed E-state index contributed by atoms with van der Waals surface area (Å²) in [5, 5.41) is 40.3. The maximum atomic E-state index is 11.9. The van der Waals surface area contributed by atoms with Crippen LogP contribution >= 0.6 is 0 Å². The molecular formula is C13H19N3O6. The fourth-order valence-corrected chi connectivity index (χ4v) is 1.50. The van der Waals surface area contributed by atoms with Gasteiger partial charge in [-0.25, -0.2) is 4.98 Å². The smallest absolute Gasteiger partial charge is 0.270 e. The van der Waals surface area contributed by atoms with Crippen LogP contribution in [0.15, 0.2) is 18.2 Å². The number of pyridine rings is 1. The predicted octanol–water partition coefficient (Wildman–Crippen LogP) is -2.75. The lowest BCUT2D eigenvalue weighted by molar-refractivity contribution is 0.0867. The van der Waals surface area contributed by atoms with Crippen LogP contribution in [-0.2, 0) is 0 Å². The minimum Gasteiger partial charge on any atom is -0.394 e. The highest BCUT2D eigenvalue weighted by Crippen LogP contribution is 2.01. The molecule has 1 aromatic heterocycles. The van der Waals surface area contributed by atoms with Crippen molar-refractivity contribution in [2.24, 2.45) is 0 Å². The van der Waals surface area contributed by atoms with E-state index in [1.54, 1.807) is 0 Å². The summed E-state index contributed by atoms with van der Waals surface area (Å²) in [5.41, 5.74) is -0.131. The van der Waals surface area contributed by atoms with Gasteiger partial charge in [0.1, 0.15) is 11.4 Å². The highest BCUT2D eigenvalue weighted by Gasteiger charge is 2.17. The molecule has 2 amide bonds. The first-order chi connectivity index (χ1) is 10.5. The van der Waals surface area contributed by atoms with Crippen LogP contribution in [0.5, 0.6) is 0 Å². The van der Waals surface area contributed by atoms with Gasteiger partial charge in [-0.2, -0.15) is 0 Å². The molecule has 0 aliphatic heterocycles. The Morgan fingerprint density at radius 1 is 0.864 bits per heavy atom. The van der Waals surface area contributed by atoms with Gasteiger partial charge in [-0.3, -0.25) is 9.59 Å². The van der Waals surface area contributed by atoms with Crippen LogP contribution in [0.1, 0.15) is 21.0 Å². The molecule has 0 spiro atoms. The summed E-state index contributed by atoms with van der Waals surface area (Å²) in [4.78, 5) is 27.6. The van der Waals surface area contributed by atoms with Gasteiger partial charge in [-0.15, -0.1) is 0 Å². The number of aromatic nitrogens is 1. The fraction of sp³-hybridized carbons (Fsp3) is 0.462. The van der Waals surface area contributed by atoms with E-state index in [0.29, 0.717) is 0 Å². The van der Waals surface area contributed by atoms with Crippen molar-refractivity contribution in [2.45, 2.75) is 12.1 Å². The molecule has 0 saturated heterocycles. The Hall–Kier alpha value is -2.07. The summed E-state index contributed by atoms with van der Waals surface area (Å²) in [6.07, 6.45) is 0. The number of aliphatic hydroxyl groups excluding tert-OH is 4. The molecule has 9 nitrogen and oxygen atoms in total. The molecule has 122 valence electrons. The molecule has 0 aliphatic rings. The van der Waals surface area contributed by atoms with E-state index in [4.69, 9.17) is 20.4 Å². The van der Waals surface area contributed by atoms with Crippen molar-refractivity contribution in [3.63, 3.8) is 0 Å². The zero-order chi connectivity index (χ0) is 16.5. The molecule has 0 fully saturated rings. The Morgan fingerprint density at radius 3 is 1.55 bits per heavy atom. The monoisotopic (exact) mass is 313 g/mol. The van der Waals surface area contributed by atoms with Crippen LogP contribution in [0.4, 0.5) is 0 Å². The lowest BCUT2D eigenvalue weighted by Gasteiger charge is -2.14. The molecule has 0 unspecified atom stereocenters. The van der Waals surface area contributed by atoms with Crippen molar-refractivity contribution in [1.29, 1.82) is 0 Å². The van der Waals surface area contributed by atoms with Crippen LogP contribution < -0.4 is 10.6 Å². The van der Waals surface area contributed by atoms with E-state index in [0.717, 1.165) is 0 Å². The highest BCUT2D eigenvalue weighted by atomic mass is 16.3. The molecular weight excluding hydrogens is 294 g/mol. The number of hydrogen-bond donors (Lipinski definition) is 6. The van der Waals surface area contributed by atoms with Crippen LogP contribution in [0.2, 0.25) is 0 Å². The number of amides is 2. The standard InChI is InChI=1S/C13H19N3O6/c17-4-8(5-18)14-12(21)10-2-1-3-11(16-10)13(22)15-9(6-19)7-20/h1-3,8-9,17-20H,4-7H2,(H,14,21)(H,15,22). The van der Waals surface area contributed by atoms with E-state index >= 15 is 0 Å². The first-order valence-corrected chi connectivity index (χ1v) is 6.57. The maximum absolute atomic E-state index is 11.9. The minimum absolute atomic E-state index is 0.0657. The molecule has 1 rings (SSSR count). The van der Waals surface area contributed by atoms with E-state index in [9.17, 15) is 9.59 Å². The van der Waals surface area contributed by atoms with E-state index < -0.39 is 50.3 Å². The van der Waals surface area contributed by atoms with Crippen LogP contribution in [0, 0.1) is 0 Å².